The molecule has 0 radical (unpaired) electrons. The molecule has 3 aromatic heterocycles. The highest BCUT2D eigenvalue weighted by atomic mass is 16.3. The molecular formula is C46H30N4O. The Labute approximate surface area is 293 Å². The Kier molecular flexibility index (Phi) is 5.95. The van der Waals surface area contributed by atoms with E-state index >= 15 is 0 Å². The Morgan fingerprint density at radius 2 is 1.16 bits per heavy atom. The van der Waals surface area contributed by atoms with Crippen LogP contribution in [0.5, 0.6) is 0 Å². The molecule has 1 N–H and O–H groups in total. The third kappa shape index (κ3) is 4.12. The second kappa shape index (κ2) is 10.8. The molecule has 7 aromatic carbocycles. The predicted molar refractivity (Wildman–Crippen MR) is 211 cm³/mol. The molecular weight excluding hydrogens is 625 g/mol. The third-order valence-corrected chi connectivity index (χ3v) is 10.4. The molecule has 10 aromatic rings. The fraction of sp³-hybridized carbons (Fsp3) is 0.0217. The number of fused-ring (bicyclic) bond motifs is 11. The van der Waals surface area contributed by atoms with Crippen molar-refractivity contribution in [2.45, 2.75) is 6.04 Å². The highest BCUT2D eigenvalue weighted by Crippen LogP contribution is 2.45. The van der Waals surface area contributed by atoms with Gasteiger partial charge in [-0.05, 0) is 48.0 Å². The Morgan fingerprint density at radius 1 is 0.490 bits per heavy atom. The lowest BCUT2D eigenvalue weighted by molar-refractivity contribution is 0.669. The Morgan fingerprint density at radius 3 is 1.98 bits per heavy atom. The Hall–Kier alpha value is -6.85. The number of furan rings is 1. The molecule has 5 heteroatoms. The normalized spacial score (nSPS) is 14.9. The van der Waals surface area contributed by atoms with Crippen LogP contribution in [0.3, 0.4) is 0 Å². The van der Waals surface area contributed by atoms with Crippen LogP contribution in [0, 0.1) is 0 Å². The quantitative estimate of drug-likeness (QED) is 0.206. The van der Waals surface area contributed by atoms with Gasteiger partial charge in [-0.25, -0.2) is 4.99 Å². The summed E-state index contributed by atoms with van der Waals surface area (Å²) in [5, 5.41) is 10.8. The van der Waals surface area contributed by atoms with E-state index in [1.165, 1.54) is 16.3 Å². The number of nitrogens with zero attached hydrogens (tertiary/aromatic N) is 3. The van der Waals surface area contributed by atoms with Crippen molar-refractivity contribution in [3.05, 3.63) is 181 Å². The fourth-order valence-corrected chi connectivity index (χ4v) is 8.17. The molecule has 0 amide bonds. The van der Waals surface area contributed by atoms with Crippen molar-refractivity contribution >= 4 is 77.2 Å². The molecule has 0 spiro atoms. The molecule has 11 rings (SSSR count). The molecule has 0 aliphatic carbocycles. The monoisotopic (exact) mass is 654 g/mol. The van der Waals surface area contributed by atoms with E-state index in [0.29, 0.717) is 0 Å². The number of nitrogens with one attached hydrogen (secondary N) is 1. The van der Waals surface area contributed by atoms with Crippen LogP contribution in [0.1, 0.15) is 17.2 Å². The van der Waals surface area contributed by atoms with Crippen molar-refractivity contribution in [1.82, 2.24) is 14.5 Å². The topological polar surface area (TPSA) is 47.4 Å². The summed E-state index contributed by atoms with van der Waals surface area (Å²) in [5.41, 5.74) is 10.5. The molecule has 5 nitrogen and oxygen atoms in total. The smallest absolute Gasteiger partial charge is 0.209 e. The molecule has 51 heavy (non-hydrogen) atoms. The van der Waals surface area contributed by atoms with Gasteiger partial charge in [0.2, 0.25) is 5.96 Å². The van der Waals surface area contributed by atoms with E-state index in [1.807, 2.05) is 6.07 Å². The predicted octanol–water partition coefficient (Wildman–Crippen LogP) is 11.4. The SMILES string of the molecule is C1=C(c2ccccc2)N=C(n2c3ccc4oc5ccccc5c4c3c3ccc4c5ccccc5n(-c5ccccc5)c4c32)NC1c1ccccc1. The van der Waals surface area contributed by atoms with Crippen LogP contribution in [-0.2, 0) is 0 Å². The van der Waals surface area contributed by atoms with Gasteiger partial charge >= 0.3 is 0 Å². The van der Waals surface area contributed by atoms with Crippen molar-refractivity contribution in [1.29, 1.82) is 0 Å². The van der Waals surface area contributed by atoms with Crippen LogP contribution in [0.2, 0.25) is 0 Å². The maximum absolute atomic E-state index is 6.47. The van der Waals surface area contributed by atoms with Crippen LogP contribution in [0.4, 0.5) is 0 Å². The van der Waals surface area contributed by atoms with Gasteiger partial charge in [0.05, 0.1) is 33.8 Å². The summed E-state index contributed by atoms with van der Waals surface area (Å²) in [7, 11) is 0. The zero-order chi connectivity index (χ0) is 33.5. The first-order valence-electron chi connectivity index (χ1n) is 17.4. The summed E-state index contributed by atoms with van der Waals surface area (Å²) in [6.45, 7) is 0. The average Bonchev–Trinajstić information content (AvgIpc) is 3.86. The molecule has 0 bridgehead atoms. The highest BCUT2D eigenvalue weighted by Gasteiger charge is 2.28. The number of hydrogen-bond donors (Lipinski definition) is 1. The van der Waals surface area contributed by atoms with Gasteiger partial charge in [-0.2, -0.15) is 0 Å². The number of aliphatic imine (C=N–C) groups is 1. The lowest BCUT2D eigenvalue weighted by Crippen LogP contribution is -2.35. The van der Waals surface area contributed by atoms with E-state index in [4.69, 9.17) is 9.41 Å². The Bertz CT molecular complexity index is 3040. The average molecular weight is 655 g/mol. The van der Waals surface area contributed by atoms with Crippen molar-refractivity contribution in [3.63, 3.8) is 0 Å². The second-order valence-electron chi connectivity index (χ2n) is 13.2. The third-order valence-electron chi connectivity index (χ3n) is 10.4. The summed E-state index contributed by atoms with van der Waals surface area (Å²) in [6, 6.07) is 57.7. The summed E-state index contributed by atoms with van der Waals surface area (Å²) < 4.78 is 11.2. The summed E-state index contributed by atoms with van der Waals surface area (Å²) in [4.78, 5) is 5.46. The lowest BCUT2D eigenvalue weighted by Gasteiger charge is -2.25. The molecule has 240 valence electrons. The number of benzene rings is 7. The minimum Gasteiger partial charge on any atom is -0.456 e. The summed E-state index contributed by atoms with van der Waals surface area (Å²) in [5.74, 6) is 0.773. The molecule has 4 heterocycles. The van der Waals surface area contributed by atoms with Crippen LogP contribution < -0.4 is 5.32 Å². The zero-order valence-corrected chi connectivity index (χ0v) is 27.5. The number of rotatable bonds is 3. The molecule has 0 saturated carbocycles. The minimum absolute atomic E-state index is 0.0981. The van der Waals surface area contributed by atoms with Gasteiger partial charge in [0.25, 0.3) is 0 Å². The molecule has 1 atom stereocenters. The standard InChI is InChI=1S/C46H30N4O/c1-4-14-29(15-5-1)36-28-37(30-16-6-2-7-17-30)48-46(47-36)50-39-26-27-41-43(34-21-11-13-23-40(34)51-41)42(39)35-25-24-33-32-20-10-12-22-38(32)49(44(33)45(35)50)31-18-8-3-9-19-31/h1-28,36H,(H,47,48). The van der Waals surface area contributed by atoms with E-state index < -0.39 is 0 Å². The van der Waals surface area contributed by atoms with Gasteiger partial charge < -0.3 is 14.3 Å². The number of para-hydroxylation sites is 3. The van der Waals surface area contributed by atoms with Gasteiger partial charge in [-0.15, -0.1) is 0 Å². The molecule has 1 unspecified atom stereocenters. The number of aromatic nitrogens is 2. The van der Waals surface area contributed by atoms with Crippen LogP contribution in [-0.4, -0.2) is 15.1 Å². The van der Waals surface area contributed by atoms with Gasteiger partial charge in [0, 0.05) is 43.6 Å². The van der Waals surface area contributed by atoms with Gasteiger partial charge in [0.1, 0.15) is 11.2 Å². The van der Waals surface area contributed by atoms with Crippen molar-refractivity contribution in [3.8, 4) is 5.69 Å². The van der Waals surface area contributed by atoms with Gasteiger partial charge in [0.15, 0.2) is 0 Å². The maximum Gasteiger partial charge on any atom is 0.209 e. The Balaban J connectivity index is 1.34. The zero-order valence-electron chi connectivity index (χ0n) is 27.5. The number of hydrogen-bond acceptors (Lipinski definition) is 3. The lowest BCUT2D eigenvalue weighted by atomic mass is 10.0. The summed E-state index contributed by atoms with van der Waals surface area (Å²) >= 11 is 0. The highest BCUT2D eigenvalue weighted by molar-refractivity contribution is 6.33. The molecule has 1 aliphatic heterocycles. The first kappa shape index (κ1) is 28.0. The van der Waals surface area contributed by atoms with Crippen LogP contribution in [0.25, 0.3) is 76.9 Å². The largest absolute Gasteiger partial charge is 0.456 e. The first-order chi connectivity index (χ1) is 25.3. The van der Waals surface area contributed by atoms with Crippen molar-refractivity contribution < 1.29 is 4.42 Å². The second-order valence-corrected chi connectivity index (χ2v) is 13.2. The van der Waals surface area contributed by atoms with E-state index in [0.717, 1.165) is 77.7 Å². The molecule has 1 aliphatic rings. The van der Waals surface area contributed by atoms with Crippen molar-refractivity contribution in [2.75, 3.05) is 0 Å². The van der Waals surface area contributed by atoms with Crippen molar-refractivity contribution in [2.24, 2.45) is 4.99 Å². The maximum atomic E-state index is 6.47. The van der Waals surface area contributed by atoms with Gasteiger partial charge in [-0.3, -0.25) is 4.57 Å². The first-order valence-corrected chi connectivity index (χ1v) is 17.4. The van der Waals surface area contributed by atoms with Crippen LogP contribution in [0.15, 0.2) is 179 Å². The fourth-order valence-electron chi connectivity index (χ4n) is 8.17. The van der Waals surface area contributed by atoms with E-state index in [-0.39, 0.29) is 6.04 Å². The van der Waals surface area contributed by atoms with E-state index in [2.05, 4.69) is 178 Å². The molecule has 0 fully saturated rings. The van der Waals surface area contributed by atoms with E-state index in [9.17, 15) is 0 Å². The molecule has 0 saturated heterocycles. The minimum atomic E-state index is -0.0981. The van der Waals surface area contributed by atoms with Crippen LogP contribution >= 0.6 is 0 Å². The van der Waals surface area contributed by atoms with Gasteiger partial charge in [-0.1, -0.05) is 127 Å². The summed E-state index contributed by atoms with van der Waals surface area (Å²) in [6.07, 6.45) is 2.24. The van der Waals surface area contributed by atoms with E-state index in [1.54, 1.807) is 0 Å².